The lowest BCUT2D eigenvalue weighted by atomic mass is 9.86. The van der Waals surface area contributed by atoms with Crippen LogP contribution in [0.1, 0.15) is 47.2 Å². The summed E-state index contributed by atoms with van der Waals surface area (Å²) in [5.74, 6) is -1.08. The Hall–Kier alpha value is -2.00. The number of carbonyl (C=O) groups excluding carboxylic acids is 2. The highest BCUT2D eigenvalue weighted by molar-refractivity contribution is 5.91. The van der Waals surface area contributed by atoms with Gasteiger partial charge in [-0.25, -0.2) is 14.0 Å². The summed E-state index contributed by atoms with van der Waals surface area (Å²) in [6.07, 6.45) is 4.72. The first-order valence-corrected chi connectivity index (χ1v) is 6.52. The number of ether oxygens (including phenoxy) is 1. The summed E-state index contributed by atoms with van der Waals surface area (Å²) in [5.41, 5.74) is 0.208. The van der Waals surface area contributed by atoms with Crippen molar-refractivity contribution < 1.29 is 18.7 Å². The fourth-order valence-electron chi connectivity index (χ4n) is 2.78. The van der Waals surface area contributed by atoms with Crippen LogP contribution in [0.3, 0.4) is 0 Å². The summed E-state index contributed by atoms with van der Waals surface area (Å²) in [5, 5.41) is 0. The molecule has 1 aromatic carbocycles. The largest absolute Gasteiger partial charge is 0.465 e. The standard InChI is InChI=1S/C15H16FNO3/c1-10-12(14(19)20-2)7-11(8-13(10)16)15(17-9-18)5-3-4-6-15/h7-8H,3-6H2,1-2H3. The van der Waals surface area contributed by atoms with Gasteiger partial charge in [0.15, 0.2) is 0 Å². The monoisotopic (exact) mass is 277 g/mol. The first-order chi connectivity index (χ1) is 9.54. The molecule has 1 saturated carbocycles. The van der Waals surface area contributed by atoms with Crippen LogP contribution < -0.4 is 0 Å². The molecule has 0 aromatic heterocycles. The van der Waals surface area contributed by atoms with Gasteiger partial charge in [0, 0.05) is 0 Å². The average Bonchev–Trinajstić information content (AvgIpc) is 2.91. The second-order valence-electron chi connectivity index (χ2n) is 5.06. The second kappa shape index (κ2) is 5.55. The molecule has 0 atom stereocenters. The van der Waals surface area contributed by atoms with Crippen molar-refractivity contribution in [1.82, 2.24) is 0 Å². The molecule has 0 amide bonds. The molecule has 1 aliphatic rings. The molecule has 0 saturated heterocycles. The molecular formula is C15H16FNO3. The van der Waals surface area contributed by atoms with E-state index in [1.54, 1.807) is 12.1 Å². The predicted molar refractivity (Wildman–Crippen MR) is 70.7 cm³/mol. The number of hydrogen-bond acceptors (Lipinski definition) is 4. The summed E-state index contributed by atoms with van der Waals surface area (Å²) < 4.78 is 18.7. The van der Waals surface area contributed by atoms with Crippen molar-refractivity contribution in [2.75, 3.05) is 7.11 Å². The first-order valence-electron chi connectivity index (χ1n) is 6.52. The van der Waals surface area contributed by atoms with Crippen LogP contribution >= 0.6 is 0 Å². The number of carbonyl (C=O) groups is 1. The molecule has 0 radical (unpaired) electrons. The Morgan fingerprint density at radius 3 is 2.60 bits per heavy atom. The van der Waals surface area contributed by atoms with Crippen LogP contribution in [-0.2, 0) is 15.1 Å². The maximum atomic E-state index is 14.1. The van der Waals surface area contributed by atoms with E-state index in [9.17, 15) is 14.0 Å². The molecule has 4 nitrogen and oxygen atoms in total. The van der Waals surface area contributed by atoms with Crippen molar-refractivity contribution in [2.24, 2.45) is 4.99 Å². The smallest absolute Gasteiger partial charge is 0.338 e. The zero-order valence-electron chi connectivity index (χ0n) is 11.5. The molecule has 0 aliphatic heterocycles. The number of isocyanates is 1. The van der Waals surface area contributed by atoms with Crippen molar-refractivity contribution >= 4 is 12.0 Å². The minimum Gasteiger partial charge on any atom is -0.465 e. The van der Waals surface area contributed by atoms with Crippen molar-refractivity contribution in [2.45, 2.75) is 38.1 Å². The Morgan fingerprint density at radius 1 is 1.40 bits per heavy atom. The zero-order chi connectivity index (χ0) is 14.8. The first kappa shape index (κ1) is 14.4. The molecule has 0 bridgehead atoms. The SMILES string of the molecule is COC(=O)c1cc(C2(N=C=O)CCCC2)cc(F)c1C. The highest BCUT2D eigenvalue weighted by atomic mass is 19.1. The van der Waals surface area contributed by atoms with Crippen LogP contribution in [0.5, 0.6) is 0 Å². The normalized spacial score (nSPS) is 16.6. The van der Waals surface area contributed by atoms with Gasteiger partial charge >= 0.3 is 5.97 Å². The lowest BCUT2D eigenvalue weighted by molar-refractivity contribution is 0.0599. The molecule has 0 unspecified atom stereocenters. The minimum atomic E-state index is -0.751. The maximum Gasteiger partial charge on any atom is 0.338 e. The van der Waals surface area contributed by atoms with Gasteiger partial charge in [0.05, 0.1) is 18.2 Å². The number of halogens is 1. The van der Waals surface area contributed by atoms with Gasteiger partial charge in [0.1, 0.15) is 5.82 Å². The molecule has 1 aliphatic carbocycles. The van der Waals surface area contributed by atoms with Gasteiger partial charge in [-0.3, -0.25) is 0 Å². The average molecular weight is 277 g/mol. The van der Waals surface area contributed by atoms with Crippen LogP contribution in [0.4, 0.5) is 4.39 Å². The Bertz CT molecular complexity index is 585. The molecule has 1 aromatic rings. The number of rotatable bonds is 3. The summed E-state index contributed by atoms with van der Waals surface area (Å²) >= 11 is 0. The van der Waals surface area contributed by atoms with Crippen molar-refractivity contribution in [1.29, 1.82) is 0 Å². The number of nitrogens with zero attached hydrogens (tertiary/aromatic N) is 1. The molecule has 0 N–H and O–H groups in total. The summed E-state index contributed by atoms with van der Waals surface area (Å²) in [6.45, 7) is 1.52. The van der Waals surface area contributed by atoms with E-state index in [0.717, 1.165) is 12.8 Å². The minimum absolute atomic E-state index is 0.176. The van der Waals surface area contributed by atoms with Crippen LogP contribution in [0, 0.1) is 12.7 Å². The quantitative estimate of drug-likeness (QED) is 0.485. The van der Waals surface area contributed by atoms with E-state index in [2.05, 4.69) is 9.73 Å². The van der Waals surface area contributed by atoms with Crippen LogP contribution in [0.25, 0.3) is 0 Å². The Morgan fingerprint density at radius 2 is 2.05 bits per heavy atom. The number of benzene rings is 1. The Labute approximate surface area is 116 Å². The highest BCUT2D eigenvalue weighted by Crippen LogP contribution is 2.43. The van der Waals surface area contributed by atoms with E-state index in [4.69, 9.17) is 0 Å². The van der Waals surface area contributed by atoms with Gasteiger partial charge < -0.3 is 4.74 Å². The van der Waals surface area contributed by atoms with E-state index < -0.39 is 17.3 Å². The molecule has 5 heteroatoms. The summed E-state index contributed by atoms with van der Waals surface area (Å²) in [4.78, 5) is 26.3. The Kier molecular flexibility index (Phi) is 4.00. The van der Waals surface area contributed by atoms with Crippen molar-refractivity contribution in [3.8, 4) is 0 Å². The van der Waals surface area contributed by atoms with Crippen LogP contribution in [0.15, 0.2) is 17.1 Å². The third kappa shape index (κ3) is 2.37. The third-order valence-electron chi connectivity index (χ3n) is 3.98. The van der Waals surface area contributed by atoms with Gasteiger partial charge in [0.25, 0.3) is 0 Å². The molecule has 2 rings (SSSR count). The van der Waals surface area contributed by atoms with Crippen LogP contribution in [0.2, 0.25) is 0 Å². The number of aliphatic imine (C=N–C) groups is 1. The lowest BCUT2D eigenvalue weighted by Gasteiger charge is -2.24. The number of esters is 1. The van der Waals surface area contributed by atoms with Crippen molar-refractivity contribution in [3.05, 3.63) is 34.6 Å². The molecule has 1 fully saturated rings. The zero-order valence-corrected chi connectivity index (χ0v) is 11.5. The van der Waals surface area contributed by atoms with Gasteiger partial charge in [-0.1, -0.05) is 12.8 Å². The number of methoxy groups -OCH3 is 1. The van der Waals surface area contributed by atoms with E-state index in [-0.39, 0.29) is 11.1 Å². The van der Waals surface area contributed by atoms with Crippen LogP contribution in [-0.4, -0.2) is 19.2 Å². The fourth-order valence-corrected chi connectivity index (χ4v) is 2.78. The number of hydrogen-bond donors (Lipinski definition) is 0. The highest BCUT2D eigenvalue weighted by Gasteiger charge is 2.37. The van der Waals surface area contributed by atoms with Crippen molar-refractivity contribution in [3.63, 3.8) is 0 Å². The van der Waals surface area contributed by atoms with E-state index in [1.807, 2.05) is 0 Å². The molecular weight excluding hydrogens is 261 g/mol. The molecule has 0 heterocycles. The van der Waals surface area contributed by atoms with Gasteiger partial charge in [-0.15, -0.1) is 0 Å². The predicted octanol–water partition coefficient (Wildman–Crippen LogP) is 3.03. The van der Waals surface area contributed by atoms with E-state index >= 15 is 0 Å². The molecule has 20 heavy (non-hydrogen) atoms. The summed E-state index contributed by atoms with van der Waals surface area (Å²) in [6, 6.07) is 2.93. The fraction of sp³-hybridized carbons (Fsp3) is 0.467. The second-order valence-corrected chi connectivity index (χ2v) is 5.06. The summed E-state index contributed by atoms with van der Waals surface area (Å²) in [7, 11) is 1.25. The van der Waals surface area contributed by atoms with Gasteiger partial charge in [-0.05, 0) is 43.0 Å². The van der Waals surface area contributed by atoms with E-state index in [0.29, 0.717) is 18.4 Å². The third-order valence-corrected chi connectivity index (χ3v) is 3.98. The van der Waals surface area contributed by atoms with Gasteiger partial charge in [-0.2, -0.15) is 4.99 Å². The molecule has 0 spiro atoms. The lowest BCUT2D eigenvalue weighted by Crippen LogP contribution is -2.20. The van der Waals surface area contributed by atoms with Gasteiger partial charge in [0.2, 0.25) is 6.08 Å². The Balaban J connectivity index is 2.59. The topological polar surface area (TPSA) is 55.7 Å². The molecule has 106 valence electrons. The van der Waals surface area contributed by atoms with E-state index in [1.165, 1.54) is 20.1 Å². The maximum absolute atomic E-state index is 14.1.